The molecular formula is C38H31NO6. The summed E-state index contributed by atoms with van der Waals surface area (Å²) in [5, 5.41) is 13.8. The number of ether oxygens (including phenoxy) is 4. The lowest BCUT2D eigenvalue weighted by Crippen LogP contribution is -1.99. The lowest BCUT2D eigenvalue weighted by molar-refractivity contribution is -0.384. The van der Waals surface area contributed by atoms with Crippen LogP contribution in [0.25, 0.3) is 55.3 Å². The molecule has 0 N–H and O–H groups in total. The van der Waals surface area contributed by atoms with Crippen molar-refractivity contribution in [2.75, 3.05) is 28.4 Å². The summed E-state index contributed by atoms with van der Waals surface area (Å²) in [6, 6.07) is 36.6. The predicted molar refractivity (Wildman–Crippen MR) is 179 cm³/mol. The highest BCUT2D eigenvalue weighted by atomic mass is 16.6. The number of rotatable bonds is 9. The molecule has 0 aliphatic carbocycles. The molecule has 0 saturated carbocycles. The fourth-order valence-corrected chi connectivity index (χ4v) is 5.80. The number of hydrogen-bond acceptors (Lipinski definition) is 6. The number of methoxy groups -OCH3 is 4. The van der Waals surface area contributed by atoms with Crippen LogP contribution in [-0.4, -0.2) is 33.4 Å². The van der Waals surface area contributed by atoms with E-state index in [4.69, 9.17) is 18.9 Å². The van der Waals surface area contributed by atoms with Crippen LogP contribution in [0, 0.1) is 10.1 Å². The molecule has 0 aliphatic rings. The number of nitrogens with zero attached hydrogens (tertiary/aromatic N) is 1. The van der Waals surface area contributed by atoms with Crippen molar-refractivity contribution in [2.45, 2.75) is 0 Å². The Morgan fingerprint density at radius 2 is 0.733 bits per heavy atom. The molecule has 6 aromatic carbocycles. The number of nitro groups is 1. The summed E-state index contributed by atoms with van der Waals surface area (Å²) in [6.45, 7) is 0. The molecule has 6 rings (SSSR count). The van der Waals surface area contributed by atoms with Crippen LogP contribution in [-0.2, 0) is 0 Å². The zero-order valence-electron chi connectivity index (χ0n) is 25.4. The summed E-state index contributed by atoms with van der Waals surface area (Å²) in [6.07, 6.45) is 0. The molecule has 0 fully saturated rings. The van der Waals surface area contributed by atoms with Crippen LogP contribution in [0.15, 0.2) is 115 Å². The van der Waals surface area contributed by atoms with Crippen molar-refractivity contribution >= 4 is 16.5 Å². The van der Waals surface area contributed by atoms with Gasteiger partial charge in [-0.25, -0.2) is 0 Å². The van der Waals surface area contributed by atoms with Crippen molar-refractivity contribution < 1.29 is 23.9 Å². The monoisotopic (exact) mass is 597 g/mol. The highest BCUT2D eigenvalue weighted by Crippen LogP contribution is 2.52. The van der Waals surface area contributed by atoms with E-state index in [1.165, 1.54) is 0 Å². The van der Waals surface area contributed by atoms with Crippen molar-refractivity contribution in [2.24, 2.45) is 0 Å². The van der Waals surface area contributed by atoms with Gasteiger partial charge in [0.1, 0.15) is 23.0 Å². The van der Waals surface area contributed by atoms with Gasteiger partial charge in [-0.1, -0.05) is 48.5 Å². The van der Waals surface area contributed by atoms with Gasteiger partial charge in [0, 0.05) is 12.1 Å². The summed E-state index contributed by atoms with van der Waals surface area (Å²) >= 11 is 0. The third kappa shape index (κ3) is 5.52. The topological polar surface area (TPSA) is 80.1 Å². The number of hydrogen-bond donors (Lipinski definition) is 0. The first-order valence-corrected chi connectivity index (χ1v) is 14.3. The second-order valence-electron chi connectivity index (χ2n) is 10.4. The smallest absolute Gasteiger partial charge is 0.270 e. The zero-order valence-corrected chi connectivity index (χ0v) is 25.4. The minimum Gasteiger partial charge on any atom is -0.497 e. The molecule has 0 aliphatic heterocycles. The predicted octanol–water partition coefficient (Wildman–Crippen LogP) is 9.45. The summed E-state index contributed by atoms with van der Waals surface area (Å²) in [4.78, 5) is 11.8. The van der Waals surface area contributed by atoms with Crippen molar-refractivity contribution in [3.05, 3.63) is 125 Å². The molecule has 45 heavy (non-hydrogen) atoms. The van der Waals surface area contributed by atoms with E-state index in [0.717, 1.165) is 72.5 Å². The van der Waals surface area contributed by atoms with E-state index in [2.05, 4.69) is 0 Å². The van der Waals surface area contributed by atoms with Gasteiger partial charge >= 0.3 is 0 Å². The van der Waals surface area contributed by atoms with Crippen LogP contribution >= 0.6 is 0 Å². The van der Waals surface area contributed by atoms with Gasteiger partial charge in [-0.15, -0.1) is 0 Å². The maximum atomic E-state index is 12.1. The first kappa shape index (κ1) is 29.3. The van der Waals surface area contributed by atoms with E-state index >= 15 is 0 Å². The summed E-state index contributed by atoms with van der Waals surface area (Å²) in [5.74, 6) is 2.91. The zero-order chi connectivity index (χ0) is 31.5. The summed E-state index contributed by atoms with van der Waals surface area (Å²) in [5.41, 5.74) is 7.43. The molecule has 0 heterocycles. The van der Waals surface area contributed by atoms with Gasteiger partial charge < -0.3 is 18.9 Å². The molecule has 0 bridgehead atoms. The molecule has 224 valence electrons. The third-order valence-corrected chi connectivity index (χ3v) is 8.02. The molecule has 6 aromatic rings. The molecule has 7 nitrogen and oxygen atoms in total. The van der Waals surface area contributed by atoms with Crippen molar-refractivity contribution in [3.63, 3.8) is 0 Å². The standard InChI is InChI=1S/C38H31NO6/c1-42-29-14-5-24(6-15-29)35-33-22-13-28(39(40)41)23-34(33)36(25-7-16-30(43-2)17-8-25)38(27-11-20-32(45-4)21-12-27)37(35)26-9-18-31(44-3)19-10-26/h5-23H,1-4H3. The quantitative estimate of drug-likeness (QED) is 0.122. The minimum absolute atomic E-state index is 0.0100. The van der Waals surface area contributed by atoms with Crippen molar-refractivity contribution in [1.82, 2.24) is 0 Å². The van der Waals surface area contributed by atoms with Crippen LogP contribution in [0.2, 0.25) is 0 Å². The second-order valence-corrected chi connectivity index (χ2v) is 10.4. The first-order valence-electron chi connectivity index (χ1n) is 14.3. The van der Waals surface area contributed by atoms with E-state index in [1.54, 1.807) is 40.6 Å². The van der Waals surface area contributed by atoms with Crippen molar-refractivity contribution in [3.8, 4) is 67.5 Å². The Labute approximate surface area is 261 Å². The van der Waals surface area contributed by atoms with Crippen LogP contribution in [0.3, 0.4) is 0 Å². The highest BCUT2D eigenvalue weighted by Gasteiger charge is 2.25. The molecule has 0 spiro atoms. The van der Waals surface area contributed by atoms with E-state index in [1.807, 2.05) is 103 Å². The van der Waals surface area contributed by atoms with Gasteiger partial charge in [-0.3, -0.25) is 10.1 Å². The summed E-state index contributed by atoms with van der Waals surface area (Å²) in [7, 11) is 6.54. The molecule has 7 heteroatoms. The number of nitro benzene ring substituents is 1. The van der Waals surface area contributed by atoms with Crippen molar-refractivity contribution in [1.29, 1.82) is 0 Å². The molecule has 0 aromatic heterocycles. The largest absolute Gasteiger partial charge is 0.497 e. The molecule has 0 amide bonds. The SMILES string of the molecule is COc1ccc(-c2c(-c3ccc(OC)cc3)c(-c3ccc(OC)cc3)c3cc([N+](=O)[O-])ccc3c2-c2ccc(OC)cc2)cc1. The average Bonchev–Trinajstić information content (AvgIpc) is 3.10. The van der Waals surface area contributed by atoms with Gasteiger partial charge in [-0.05, 0) is 110 Å². The number of non-ortho nitro benzene ring substituents is 1. The Morgan fingerprint density at radius 3 is 1.04 bits per heavy atom. The van der Waals surface area contributed by atoms with Gasteiger partial charge in [-0.2, -0.15) is 0 Å². The Bertz CT molecular complexity index is 1980. The molecule has 0 radical (unpaired) electrons. The number of benzene rings is 6. The minimum atomic E-state index is -0.352. The molecule has 0 saturated heterocycles. The van der Waals surface area contributed by atoms with Crippen LogP contribution in [0.4, 0.5) is 5.69 Å². The fraction of sp³-hybridized carbons (Fsp3) is 0.105. The van der Waals surface area contributed by atoms with Gasteiger partial charge in [0.05, 0.1) is 33.4 Å². The Kier molecular flexibility index (Phi) is 8.08. The normalized spacial score (nSPS) is 10.8. The third-order valence-electron chi connectivity index (χ3n) is 8.02. The van der Waals surface area contributed by atoms with Gasteiger partial charge in [0.25, 0.3) is 5.69 Å². The van der Waals surface area contributed by atoms with E-state index in [0.29, 0.717) is 5.75 Å². The van der Waals surface area contributed by atoms with E-state index < -0.39 is 0 Å². The van der Waals surface area contributed by atoms with E-state index in [-0.39, 0.29) is 10.6 Å². The highest BCUT2D eigenvalue weighted by molar-refractivity contribution is 6.18. The van der Waals surface area contributed by atoms with Gasteiger partial charge in [0.15, 0.2) is 0 Å². The summed E-state index contributed by atoms with van der Waals surface area (Å²) < 4.78 is 21.9. The maximum absolute atomic E-state index is 12.1. The first-order chi connectivity index (χ1) is 21.9. The van der Waals surface area contributed by atoms with Crippen LogP contribution < -0.4 is 18.9 Å². The van der Waals surface area contributed by atoms with Crippen LogP contribution in [0.5, 0.6) is 23.0 Å². The fourth-order valence-electron chi connectivity index (χ4n) is 5.80. The molecule has 0 unspecified atom stereocenters. The second kappa shape index (κ2) is 12.4. The van der Waals surface area contributed by atoms with Gasteiger partial charge in [0.2, 0.25) is 0 Å². The Morgan fingerprint density at radius 1 is 0.422 bits per heavy atom. The van der Waals surface area contributed by atoms with E-state index in [9.17, 15) is 10.1 Å². The maximum Gasteiger partial charge on any atom is 0.270 e. The Hall–Kier alpha value is -5.82. The lowest BCUT2D eigenvalue weighted by Gasteiger charge is -2.24. The lowest BCUT2D eigenvalue weighted by atomic mass is 9.79. The Balaban J connectivity index is 1.85. The number of fused-ring (bicyclic) bond motifs is 1. The molecular weight excluding hydrogens is 566 g/mol. The van der Waals surface area contributed by atoms with Crippen LogP contribution in [0.1, 0.15) is 0 Å². The molecule has 0 atom stereocenters. The average molecular weight is 598 g/mol.